The van der Waals surface area contributed by atoms with Crippen LogP contribution < -0.4 is 10.1 Å². The van der Waals surface area contributed by atoms with Crippen LogP contribution in [0.3, 0.4) is 0 Å². The molecule has 0 heterocycles. The molecular weight excluding hydrogens is 218 g/mol. The Hall–Kier alpha value is -1.55. The molecule has 17 heavy (non-hydrogen) atoms. The summed E-state index contributed by atoms with van der Waals surface area (Å²) in [7, 11) is 1.52. The summed E-state index contributed by atoms with van der Waals surface area (Å²) in [5.74, 6) is 0.289. The third-order valence-electron chi connectivity index (χ3n) is 2.74. The van der Waals surface area contributed by atoms with Crippen molar-refractivity contribution in [3.63, 3.8) is 0 Å². The molecule has 1 aromatic rings. The molecule has 1 atom stereocenters. The Morgan fingerprint density at radius 1 is 1.47 bits per heavy atom. The summed E-state index contributed by atoms with van der Waals surface area (Å²) in [6.45, 7) is 3.78. The Kier molecular flexibility index (Phi) is 4.52. The average molecular weight is 237 g/mol. The van der Waals surface area contributed by atoms with E-state index in [-0.39, 0.29) is 12.5 Å². The van der Waals surface area contributed by atoms with E-state index in [1.54, 1.807) is 31.2 Å². The lowest BCUT2D eigenvalue weighted by Crippen LogP contribution is -2.40. The lowest BCUT2D eigenvalue weighted by molar-refractivity contribution is 0.0517. The first-order valence-electron chi connectivity index (χ1n) is 5.64. The van der Waals surface area contributed by atoms with Crippen molar-refractivity contribution in [3.05, 3.63) is 29.8 Å². The topological polar surface area (TPSA) is 58.6 Å². The molecule has 0 aliphatic carbocycles. The molecule has 4 heteroatoms. The molecule has 0 radical (unpaired) electrons. The van der Waals surface area contributed by atoms with Gasteiger partial charge in [0, 0.05) is 6.54 Å². The third kappa shape index (κ3) is 3.75. The molecule has 0 aliphatic heterocycles. The van der Waals surface area contributed by atoms with Gasteiger partial charge < -0.3 is 15.2 Å². The van der Waals surface area contributed by atoms with Gasteiger partial charge in [-0.1, -0.05) is 19.1 Å². The Morgan fingerprint density at radius 3 is 2.71 bits per heavy atom. The second-order valence-corrected chi connectivity index (χ2v) is 4.23. The highest BCUT2D eigenvalue weighted by Crippen LogP contribution is 2.17. The summed E-state index contributed by atoms with van der Waals surface area (Å²) < 4.78 is 5.10. The van der Waals surface area contributed by atoms with E-state index in [4.69, 9.17) is 4.74 Å². The maximum Gasteiger partial charge on any atom is 0.255 e. The number of benzene rings is 1. The van der Waals surface area contributed by atoms with Crippen molar-refractivity contribution < 1.29 is 14.6 Å². The third-order valence-corrected chi connectivity index (χ3v) is 2.74. The molecule has 0 aliphatic rings. The van der Waals surface area contributed by atoms with Crippen LogP contribution in [-0.2, 0) is 0 Å². The fraction of sp³-hybridized carbons (Fsp3) is 0.462. The minimum absolute atomic E-state index is 0.223. The SMILES string of the molecule is CCC(C)(O)CNC(=O)c1ccccc1OC. The van der Waals surface area contributed by atoms with Gasteiger partial charge in [-0.3, -0.25) is 4.79 Å². The van der Waals surface area contributed by atoms with E-state index in [2.05, 4.69) is 5.32 Å². The van der Waals surface area contributed by atoms with Gasteiger partial charge >= 0.3 is 0 Å². The monoisotopic (exact) mass is 237 g/mol. The molecule has 2 N–H and O–H groups in total. The molecule has 0 saturated carbocycles. The van der Waals surface area contributed by atoms with Crippen molar-refractivity contribution in [1.29, 1.82) is 0 Å². The standard InChI is InChI=1S/C13H19NO3/c1-4-13(2,16)9-14-12(15)10-7-5-6-8-11(10)17-3/h5-8,16H,4,9H2,1-3H3,(H,14,15). The summed E-state index contributed by atoms with van der Waals surface area (Å²) in [5.41, 5.74) is -0.403. The molecule has 1 amide bonds. The first-order chi connectivity index (χ1) is 8.00. The van der Waals surface area contributed by atoms with Crippen molar-refractivity contribution in [2.45, 2.75) is 25.9 Å². The van der Waals surface area contributed by atoms with Gasteiger partial charge in [0.05, 0.1) is 18.3 Å². The van der Waals surface area contributed by atoms with Gasteiger partial charge in [-0.15, -0.1) is 0 Å². The van der Waals surface area contributed by atoms with Crippen LogP contribution in [0, 0.1) is 0 Å². The molecule has 0 bridgehead atoms. The average Bonchev–Trinajstić information content (AvgIpc) is 2.36. The van der Waals surface area contributed by atoms with E-state index in [0.29, 0.717) is 17.7 Å². The van der Waals surface area contributed by atoms with Crippen LogP contribution in [0.5, 0.6) is 5.75 Å². The fourth-order valence-electron chi connectivity index (χ4n) is 1.32. The molecule has 4 nitrogen and oxygen atoms in total. The number of amides is 1. The molecule has 1 aromatic carbocycles. The number of carbonyl (C=O) groups excluding carboxylic acids is 1. The summed E-state index contributed by atoms with van der Waals surface area (Å²) in [6, 6.07) is 6.99. The van der Waals surface area contributed by atoms with E-state index < -0.39 is 5.60 Å². The molecular formula is C13H19NO3. The van der Waals surface area contributed by atoms with Gasteiger partial charge in [0.15, 0.2) is 0 Å². The van der Waals surface area contributed by atoms with Crippen LogP contribution in [0.15, 0.2) is 24.3 Å². The quantitative estimate of drug-likeness (QED) is 0.817. The van der Waals surface area contributed by atoms with Gasteiger partial charge in [-0.2, -0.15) is 0 Å². The number of nitrogens with one attached hydrogen (secondary N) is 1. The molecule has 1 unspecified atom stereocenters. The Morgan fingerprint density at radius 2 is 2.12 bits per heavy atom. The first-order valence-corrected chi connectivity index (χ1v) is 5.64. The number of ether oxygens (including phenoxy) is 1. The van der Waals surface area contributed by atoms with Crippen LogP contribution in [0.2, 0.25) is 0 Å². The zero-order valence-electron chi connectivity index (χ0n) is 10.5. The van der Waals surface area contributed by atoms with E-state index in [1.165, 1.54) is 7.11 Å². The number of rotatable bonds is 5. The first kappa shape index (κ1) is 13.5. The second kappa shape index (κ2) is 5.68. The normalized spacial score (nSPS) is 13.9. The van der Waals surface area contributed by atoms with Gasteiger partial charge in [-0.05, 0) is 25.5 Å². The fourth-order valence-corrected chi connectivity index (χ4v) is 1.32. The van der Waals surface area contributed by atoms with Gasteiger partial charge in [0.2, 0.25) is 0 Å². The lowest BCUT2D eigenvalue weighted by Gasteiger charge is -2.21. The number of para-hydroxylation sites is 1. The number of hydrogen-bond acceptors (Lipinski definition) is 3. The zero-order chi connectivity index (χ0) is 12.9. The summed E-state index contributed by atoms with van der Waals surface area (Å²) >= 11 is 0. The molecule has 0 fully saturated rings. The minimum atomic E-state index is -0.877. The predicted molar refractivity (Wildman–Crippen MR) is 66.2 cm³/mol. The van der Waals surface area contributed by atoms with Crippen molar-refractivity contribution >= 4 is 5.91 Å². The van der Waals surface area contributed by atoms with E-state index in [9.17, 15) is 9.90 Å². The molecule has 0 aromatic heterocycles. The van der Waals surface area contributed by atoms with Gasteiger partial charge in [0.25, 0.3) is 5.91 Å². The van der Waals surface area contributed by atoms with Crippen LogP contribution in [-0.4, -0.2) is 30.3 Å². The van der Waals surface area contributed by atoms with E-state index in [1.807, 2.05) is 6.92 Å². The highest BCUT2D eigenvalue weighted by molar-refractivity contribution is 5.96. The summed E-state index contributed by atoms with van der Waals surface area (Å²) in [5, 5.41) is 12.5. The largest absolute Gasteiger partial charge is 0.496 e. The summed E-state index contributed by atoms with van der Waals surface area (Å²) in [6.07, 6.45) is 0.583. The second-order valence-electron chi connectivity index (χ2n) is 4.23. The van der Waals surface area contributed by atoms with Gasteiger partial charge in [0.1, 0.15) is 5.75 Å². The number of methoxy groups -OCH3 is 1. The smallest absolute Gasteiger partial charge is 0.255 e. The van der Waals surface area contributed by atoms with Crippen molar-refractivity contribution in [1.82, 2.24) is 5.32 Å². The Balaban J connectivity index is 2.70. The highest BCUT2D eigenvalue weighted by atomic mass is 16.5. The van der Waals surface area contributed by atoms with Crippen LogP contribution in [0.25, 0.3) is 0 Å². The van der Waals surface area contributed by atoms with Crippen LogP contribution in [0.1, 0.15) is 30.6 Å². The van der Waals surface area contributed by atoms with E-state index in [0.717, 1.165) is 0 Å². The Labute approximate surface area is 102 Å². The lowest BCUT2D eigenvalue weighted by atomic mass is 10.0. The van der Waals surface area contributed by atoms with Crippen molar-refractivity contribution in [3.8, 4) is 5.75 Å². The minimum Gasteiger partial charge on any atom is -0.496 e. The maximum absolute atomic E-state index is 11.9. The van der Waals surface area contributed by atoms with Gasteiger partial charge in [-0.25, -0.2) is 0 Å². The van der Waals surface area contributed by atoms with Crippen molar-refractivity contribution in [2.24, 2.45) is 0 Å². The van der Waals surface area contributed by atoms with E-state index >= 15 is 0 Å². The number of carbonyl (C=O) groups is 1. The molecule has 1 rings (SSSR count). The predicted octanol–water partition coefficient (Wildman–Crippen LogP) is 1.59. The summed E-state index contributed by atoms with van der Waals surface area (Å²) in [4.78, 5) is 11.9. The number of hydrogen-bond donors (Lipinski definition) is 2. The Bertz CT molecular complexity index is 388. The molecule has 0 spiro atoms. The molecule has 94 valence electrons. The zero-order valence-corrected chi connectivity index (χ0v) is 10.5. The number of aliphatic hydroxyl groups is 1. The van der Waals surface area contributed by atoms with Crippen LogP contribution >= 0.6 is 0 Å². The maximum atomic E-state index is 11.9. The van der Waals surface area contributed by atoms with Crippen molar-refractivity contribution in [2.75, 3.05) is 13.7 Å². The van der Waals surface area contributed by atoms with Crippen LogP contribution in [0.4, 0.5) is 0 Å². The molecule has 0 saturated heterocycles. The highest BCUT2D eigenvalue weighted by Gasteiger charge is 2.19.